The summed E-state index contributed by atoms with van der Waals surface area (Å²) in [5.74, 6) is 1.04. The second kappa shape index (κ2) is 8.37. The molecule has 0 saturated heterocycles. The Hall–Kier alpha value is -2.29. The minimum Gasteiger partial charge on any atom is -0.497 e. The van der Waals surface area contributed by atoms with Crippen molar-refractivity contribution in [2.75, 3.05) is 13.7 Å². The molecule has 0 fully saturated rings. The number of ether oxygens (including phenoxy) is 1. The summed E-state index contributed by atoms with van der Waals surface area (Å²) in [7, 11) is 1.66. The predicted molar refractivity (Wildman–Crippen MR) is 93.6 cm³/mol. The summed E-state index contributed by atoms with van der Waals surface area (Å²) < 4.78 is 5.15. The second-order valence-corrected chi connectivity index (χ2v) is 5.68. The predicted octanol–water partition coefficient (Wildman–Crippen LogP) is 3.98. The molecule has 0 heterocycles. The molecule has 1 amide bonds. The van der Waals surface area contributed by atoms with Crippen LogP contribution >= 0.6 is 0 Å². The number of amides is 1. The number of aryl methyl sites for hydroxylation is 2. The molecular weight excluding hydrogens is 286 g/mol. The molecule has 0 bridgehead atoms. The van der Waals surface area contributed by atoms with Crippen LogP contribution in [0.25, 0.3) is 0 Å². The first-order valence-corrected chi connectivity index (χ1v) is 8.09. The van der Waals surface area contributed by atoms with Gasteiger partial charge in [-0.05, 0) is 49.1 Å². The van der Waals surface area contributed by atoms with E-state index in [4.69, 9.17) is 4.74 Å². The van der Waals surface area contributed by atoms with E-state index >= 15 is 0 Å². The van der Waals surface area contributed by atoms with Gasteiger partial charge in [0.1, 0.15) is 5.75 Å². The van der Waals surface area contributed by atoms with Crippen LogP contribution < -0.4 is 4.74 Å². The molecule has 0 spiro atoms. The molecule has 0 aromatic heterocycles. The number of hydrogen-bond acceptors (Lipinski definition) is 2. The zero-order valence-corrected chi connectivity index (χ0v) is 14.2. The maximum atomic E-state index is 12.5. The largest absolute Gasteiger partial charge is 0.497 e. The molecule has 0 unspecified atom stereocenters. The Morgan fingerprint density at radius 3 is 2.39 bits per heavy atom. The molecule has 0 aliphatic heterocycles. The second-order valence-electron chi connectivity index (χ2n) is 5.68. The summed E-state index contributed by atoms with van der Waals surface area (Å²) in [6.45, 7) is 5.54. The smallest absolute Gasteiger partial charge is 0.223 e. The molecule has 2 aromatic carbocycles. The standard InChI is InChI=1S/C20H25NO2/c1-4-21(15-18-8-6-5-7-16(18)2)20(22)14-11-17-9-12-19(23-3)13-10-17/h5-10,12-13H,4,11,14-15H2,1-3H3. The van der Waals surface area contributed by atoms with Crippen LogP contribution in [0.15, 0.2) is 48.5 Å². The third-order valence-corrected chi connectivity index (χ3v) is 4.14. The van der Waals surface area contributed by atoms with Crippen molar-refractivity contribution in [2.45, 2.75) is 33.2 Å². The highest BCUT2D eigenvalue weighted by Gasteiger charge is 2.13. The van der Waals surface area contributed by atoms with Crippen LogP contribution in [0.2, 0.25) is 0 Å². The topological polar surface area (TPSA) is 29.5 Å². The van der Waals surface area contributed by atoms with E-state index in [-0.39, 0.29) is 5.91 Å². The number of carbonyl (C=O) groups excluding carboxylic acids is 1. The molecule has 0 saturated carbocycles. The highest BCUT2D eigenvalue weighted by Crippen LogP contribution is 2.15. The van der Waals surface area contributed by atoms with Crippen molar-refractivity contribution in [1.82, 2.24) is 4.90 Å². The van der Waals surface area contributed by atoms with E-state index in [1.165, 1.54) is 11.1 Å². The van der Waals surface area contributed by atoms with Crippen molar-refractivity contribution in [1.29, 1.82) is 0 Å². The number of nitrogens with zero attached hydrogens (tertiary/aromatic N) is 1. The Kier molecular flexibility index (Phi) is 6.21. The van der Waals surface area contributed by atoms with Crippen molar-refractivity contribution < 1.29 is 9.53 Å². The van der Waals surface area contributed by atoms with Gasteiger partial charge in [0.25, 0.3) is 0 Å². The molecule has 2 aromatic rings. The van der Waals surface area contributed by atoms with Crippen LogP contribution in [-0.2, 0) is 17.8 Å². The molecule has 0 aliphatic rings. The Labute approximate surface area is 138 Å². The molecular formula is C20H25NO2. The third kappa shape index (κ3) is 4.85. The number of benzene rings is 2. The maximum Gasteiger partial charge on any atom is 0.223 e. The SMILES string of the molecule is CCN(Cc1ccccc1C)C(=O)CCc1ccc(OC)cc1. The molecule has 3 nitrogen and oxygen atoms in total. The summed E-state index contributed by atoms with van der Waals surface area (Å²) in [5, 5.41) is 0. The zero-order valence-electron chi connectivity index (χ0n) is 14.2. The summed E-state index contributed by atoms with van der Waals surface area (Å²) in [5.41, 5.74) is 3.60. The van der Waals surface area contributed by atoms with Gasteiger partial charge in [-0.25, -0.2) is 0 Å². The molecule has 0 N–H and O–H groups in total. The van der Waals surface area contributed by atoms with Crippen molar-refractivity contribution >= 4 is 5.91 Å². The molecule has 0 radical (unpaired) electrons. The zero-order chi connectivity index (χ0) is 16.7. The van der Waals surface area contributed by atoms with Gasteiger partial charge >= 0.3 is 0 Å². The number of carbonyl (C=O) groups is 1. The average molecular weight is 311 g/mol. The molecule has 2 rings (SSSR count). The van der Waals surface area contributed by atoms with Gasteiger partial charge in [-0.15, -0.1) is 0 Å². The van der Waals surface area contributed by atoms with Gasteiger partial charge in [0.05, 0.1) is 7.11 Å². The summed E-state index contributed by atoms with van der Waals surface area (Å²) >= 11 is 0. The number of rotatable bonds is 7. The molecule has 0 atom stereocenters. The Morgan fingerprint density at radius 2 is 1.78 bits per heavy atom. The summed E-state index contributed by atoms with van der Waals surface area (Å²) in [6, 6.07) is 16.1. The van der Waals surface area contributed by atoms with E-state index in [9.17, 15) is 4.79 Å². The van der Waals surface area contributed by atoms with E-state index in [2.05, 4.69) is 19.1 Å². The fourth-order valence-electron chi connectivity index (χ4n) is 2.57. The fraction of sp³-hybridized carbons (Fsp3) is 0.350. The van der Waals surface area contributed by atoms with Crippen molar-refractivity contribution in [3.05, 3.63) is 65.2 Å². The van der Waals surface area contributed by atoms with Crippen molar-refractivity contribution in [2.24, 2.45) is 0 Å². The molecule has 3 heteroatoms. The first kappa shape index (κ1) is 17.1. The lowest BCUT2D eigenvalue weighted by Crippen LogP contribution is -2.30. The van der Waals surface area contributed by atoms with Gasteiger partial charge in [-0.2, -0.15) is 0 Å². The lowest BCUT2D eigenvalue weighted by atomic mass is 10.1. The van der Waals surface area contributed by atoms with Crippen LogP contribution in [0.3, 0.4) is 0 Å². The van der Waals surface area contributed by atoms with Crippen LogP contribution in [-0.4, -0.2) is 24.5 Å². The minimum absolute atomic E-state index is 0.201. The van der Waals surface area contributed by atoms with Crippen LogP contribution in [0, 0.1) is 6.92 Å². The van der Waals surface area contributed by atoms with Gasteiger partial charge in [0.2, 0.25) is 5.91 Å². The Bertz CT molecular complexity index is 634. The van der Waals surface area contributed by atoms with Gasteiger partial charge in [-0.1, -0.05) is 36.4 Å². The lowest BCUT2D eigenvalue weighted by Gasteiger charge is -2.22. The van der Waals surface area contributed by atoms with Gasteiger partial charge < -0.3 is 9.64 Å². The maximum absolute atomic E-state index is 12.5. The van der Waals surface area contributed by atoms with E-state index in [1.807, 2.05) is 48.2 Å². The van der Waals surface area contributed by atoms with Gasteiger partial charge in [-0.3, -0.25) is 4.79 Å². The molecule has 0 aliphatic carbocycles. The Morgan fingerprint density at radius 1 is 1.09 bits per heavy atom. The molecule has 122 valence electrons. The van der Waals surface area contributed by atoms with Gasteiger partial charge in [0.15, 0.2) is 0 Å². The Balaban J connectivity index is 1.93. The van der Waals surface area contributed by atoms with Crippen LogP contribution in [0.4, 0.5) is 0 Å². The first-order chi connectivity index (χ1) is 11.1. The summed E-state index contributed by atoms with van der Waals surface area (Å²) in [6.07, 6.45) is 1.29. The van der Waals surface area contributed by atoms with Crippen molar-refractivity contribution in [3.8, 4) is 5.75 Å². The van der Waals surface area contributed by atoms with E-state index in [0.717, 1.165) is 24.3 Å². The van der Waals surface area contributed by atoms with Crippen LogP contribution in [0.1, 0.15) is 30.0 Å². The monoisotopic (exact) mass is 311 g/mol. The van der Waals surface area contributed by atoms with Crippen LogP contribution in [0.5, 0.6) is 5.75 Å². The fourth-order valence-corrected chi connectivity index (χ4v) is 2.57. The molecule has 23 heavy (non-hydrogen) atoms. The van der Waals surface area contributed by atoms with E-state index in [1.54, 1.807) is 7.11 Å². The quantitative estimate of drug-likeness (QED) is 0.774. The first-order valence-electron chi connectivity index (χ1n) is 8.09. The normalized spacial score (nSPS) is 10.4. The van der Waals surface area contributed by atoms with E-state index < -0.39 is 0 Å². The summed E-state index contributed by atoms with van der Waals surface area (Å²) in [4.78, 5) is 14.4. The van der Waals surface area contributed by atoms with Gasteiger partial charge in [0, 0.05) is 19.5 Å². The van der Waals surface area contributed by atoms with E-state index in [0.29, 0.717) is 13.0 Å². The third-order valence-electron chi connectivity index (χ3n) is 4.14. The highest BCUT2D eigenvalue weighted by molar-refractivity contribution is 5.76. The highest BCUT2D eigenvalue weighted by atomic mass is 16.5. The lowest BCUT2D eigenvalue weighted by molar-refractivity contribution is -0.131. The minimum atomic E-state index is 0.201. The number of methoxy groups -OCH3 is 1. The number of hydrogen-bond donors (Lipinski definition) is 0. The van der Waals surface area contributed by atoms with Crippen molar-refractivity contribution in [3.63, 3.8) is 0 Å². The average Bonchev–Trinajstić information content (AvgIpc) is 2.59.